The summed E-state index contributed by atoms with van der Waals surface area (Å²) in [5.41, 5.74) is 2.66. The van der Waals surface area contributed by atoms with Crippen molar-refractivity contribution in [1.82, 2.24) is 4.90 Å². The Morgan fingerprint density at radius 3 is 2.46 bits per heavy atom. The molecule has 3 aromatic rings. The molecule has 1 fully saturated rings. The molecule has 37 heavy (non-hydrogen) atoms. The number of aryl methyl sites for hydroxylation is 1. The van der Waals surface area contributed by atoms with E-state index in [1.807, 2.05) is 36.4 Å². The number of nitrogens with zero attached hydrogens (tertiary/aromatic N) is 2. The van der Waals surface area contributed by atoms with Crippen LogP contribution in [0.5, 0.6) is 11.5 Å². The lowest BCUT2D eigenvalue weighted by molar-refractivity contribution is -0.384. The van der Waals surface area contributed by atoms with Crippen LogP contribution in [0.4, 0.5) is 10.5 Å². The van der Waals surface area contributed by atoms with Crippen molar-refractivity contribution in [2.24, 2.45) is 0 Å². The van der Waals surface area contributed by atoms with E-state index < -0.39 is 4.92 Å². The smallest absolute Gasteiger partial charge is 0.293 e. The molecule has 0 aromatic heterocycles. The number of carbonyl (C=O) groups is 2. The van der Waals surface area contributed by atoms with Crippen LogP contribution in [-0.4, -0.2) is 34.6 Å². The van der Waals surface area contributed by atoms with Gasteiger partial charge in [0.05, 0.1) is 20.5 Å². The van der Waals surface area contributed by atoms with Crippen molar-refractivity contribution in [1.29, 1.82) is 0 Å². The van der Waals surface area contributed by atoms with Crippen molar-refractivity contribution in [3.05, 3.63) is 102 Å². The van der Waals surface area contributed by atoms with Crippen molar-refractivity contribution < 1.29 is 24.0 Å². The molecule has 10 heteroatoms. The molecule has 190 valence electrons. The second-order valence-corrected chi connectivity index (χ2v) is 10.3. The predicted octanol–water partition coefficient (Wildman–Crippen LogP) is 6.46. The highest BCUT2D eigenvalue weighted by Gasteiger charge is 2.34. The zero-order valence-electron chi connectivity index (χ0n) is 19.9. The van der Waals surface area contributed by atoms with Crippen molar-refractivity contribution in [3.8, 4) is 11.5 Å². The van der Waals surface area contributed by atoms with Gasteiger partial charge in [0.1, 0.15) is 6.61 Å². The van der Waals surface area contributed by atoms with Crippen LogP contribution in [0.15, 0.2) is 71.6 Å². The van der Waals surface area contributed by atoms with Crippen LogP contribution in [0.2, 0.25) is 0 Å². The molecule has 1 heterocycles. The molecule has 0 saturated carbocycles. The number of nitro groups is 1. The first kappa shape index (κ1) is 26.7. The van der Waals surface area contributed by atoms with Crippen LogP contribution in [0.1, 0.15) is 23.1 Å². The number of methoxy groups -OCH3 is 1. The van der Waals surface area contributed by atoms with Gasteiger partial charge in [-0.1, -0.05) is 30.3 Å². The van der Waals surface area contributed by atoms with Gasteiger partial charge in [0.2, 0.25) is 0 Å². The lowest BCUT2D eigenvalue weighted by Gasteiger charge is -2.14. The number of amides is 2. The van der Waals surface area contributed by atoms with Crippen LogP contribution in [0.25, 0.3) is 6.08 Å². The molecule has 0 unspecified atom stereocenters. The van der Waals surface area contributed by atoms with Crippen molar-refractivity contribution in [3.63, 3.8) is 0 Å². The molecule has 2 amide bonds. The molecule has 4 rings (SSSR count). The van der Waals surface area contributed by atoms with E-state index in [-0.39, 0.29) is 23.4 Å². The molecular weight excluding hydrogens is 607 g/mol. The number of non-ortho nitro benzene ring substituents is 1. The van der Waals surface area contributed by atoms with E-state index in [2.05, 4.69) is 22.6 Å². The highest BCUT2D eigenvalue weighted by atomic mass is 127. The van der Waals surface area contributed by atoms with Crippen LogP contribution < -0.4 is 9.47 Å². The summed E-state index contributed by atoms with van der Waals surface area (Å²) in [5.74, 6) is 0.699. The average molecular weight is 630 g/mol. The Kier molecular flexibility index (Phi) is 8.82. The largest absolute Gasteiger partial charge is 0.493 e. The van der Waals surface area contributed by atoms with E-state index >= 15 is 0 Å². The maximum atomic E-state index is 12.9. The summed E-state index contributed by atoms with van der Waals surface area (Å²) in [6, 6.07) is 19.7. The lowest BCUT2D eigenvalue weighted by atomic mass is 10.1. The maximum absolute atomic E-state index is 12.9. The number of hydrogen-bond acceptors (Lipinski definition) is 7. The zero-order chi connectivity index (χ0) is 26.4. The van der Waals surface area contributed by atoms with Crippen LogP contribution in [0, 0.1) is 13.7 Å². The topological polar surface area (TPSA) is 99.0 Å². The Hall–Kier alpha value is -3.38. The highest BCUT2D eigenvalue weighted by Crippen LogP contribution is 2.37. The normalized spacial score (nSPS) is 14.3. The molecule has 0 bridgehead atoms. The Balaban J connectivity index is 1.43. The summed E-state index contributed by atoms with van der Waals surface area (Å²) in [6.45, 7) is 0.568. The number of thioether (sulfide) groups is 1. The first-order chi connectivity index (χ1) is 17.9. The average Bonchev–Trinajstić information content (AvgIpc) is 3.16. The van der Waals surface area contributed by atoms with E-state index in [0.29, 0.717) is 34.9 Å². The minimum atomic E-state index is -0.450. The molecule has 1 aliphatic heterocycles. The number of hydrogen-bond donors (Lipinski definition) is 0. The first-order valence-corrected chi connectivity index (χ1v) is 13.3. The zero-order valence-corrected chi connectivity index (χ0v) is 22.9. The van der Waals surface area contributed by atoms with Gasteiger partial charge in [0, 0.05) is 18.7 Å². The van der Waals surface area contributed by atoms with E-state index in [9.17, 15) is 19.7 Å². The summed E-state index contributed by atoms with van der Waals surface area (Å²) in [4.78, 5) is 37.5. The van der Waals surface area contributed by atoms with Crippen molar-refractivity contribution in [2.75, 3.05) is 13.7 Å². The number of benzene rings is 3. The van der Waals surface area contributed by atoms with Crippen molar-refractivity contribution >= 4 is 57.3 Å². The van der Waals surface area contributed by atoms with Gasteiger partial charge in [-0.15, -0.1) is 0 Å². The van der Waals surface area contributed by atoms with Gasteiger partial charge >= 0.3 is 0 Å². The number of halogens is 1. The standard InChI is InChI=1S/C27H23IN2O6S/c1-35-23-15-20(14-22(28)25(23)36-17-19-9-11-21(12-10-19)30(33)34)16-24-26(31)29(27(32)37-24)13-5-8-18-6-3-2-4-7-18/h2-4,6-7,9-12,14-16H,5,8,13,17H2,1H3/b24-16+. The second kappa shape index (κ2) is 12.2. The number of nitro benzene ring substituents is 1. The fourth-order valence-electron chi connectivity index (χ4n) is 3.76. The Labute approximate surface area is 231 Å². The number of imide groups is 1. The van der Waals surface area contributed by atoms with E-state index in [1.54, 1.807) is 24.3 Å². The van der Waals surface area contributed by atoms with E-state index in [0.717, 1.165) is 27.3 Å². The number of carbonyl (C=O) groups excluding carboxylic acids is 2. The number of rotatable bonds is 10. The Morgan fingerprint density at radius 1 is 1.05 bits per heavy atom. The molecule has 0 N–H and O–H groups in total. The lowest BCUT2D eigenvalue weighted by Crippen LogP contribution is -2.29. The minimum Gasteiger partial charge on any atom is -0.493 e. The van der Waals surface area contributed by atoms with Gasteiger partial charge in [-0.2, -0.15) is 0 Å². The summed E-state index contributed by atoms with van der Waals surface area (Å²) < 4.78 is 12.2. The van der Waals surface area contributed by atoms with Crippen molar-refractivity contribution in [2.45, 2.75) is 19.4 Å². The van der Waals surface area contributed by atoms with Gasteiger partial charge in [0.25, 0.3) is 16.8 Å². The van der Waals surface area contributed by atoms with Crippen LogP contribution >= 0.6 is 34.4 Å². The quantitative estimate of drug-likeness (QED) is 0.110. The van der Waals surface area contributed by atoms with Gasteiger partial charge in [-0.05, 0) is 94.2 Å². The van der Waals surface area contributed by atoms with Crippen LogP contribution in [0.3, 0.4) is 0 Å². The van der Waals surface area contributed by atoms with Gasteiger partial charge in [0.15, 0.2) is 11.5 Å². The molecular formula is C27H23IN2O6S. The Bertz CT molecular complexity index is 1350. The first-order valence-electron chi connectivity index (χ1n) is 11.4. The summed E-state index contributed by atoms with van der Waals surface area (Å²) in [6.07, 6.45) is 3.17. The van der Waals surface area contributed by atoms with Crippen LogP contribution in [-0.2, 0) is 17.8 Å². The third-order valence-electron chi connectivity index (χ3n) is 5.64. The molecule has 8 nitrogen and oxygen atoms in total. The predicted molar refractivity (Wildman–Crippen MR) is 151 cm³/mol. The third kappa shape index (κ3) is 6.69. The summed E-state index contributed by atoms with van der Waals surface area (Å²) in [5, 5.41) is 10.6. The third-order valence-corrected chi connectivity index (χ3v) is 7.35. The Morgan fingerprint density at radius 2 is 1.78 bits per heavy atom. The molecule has 0 spiro atoms. The fraction of sp³-hybridized carbons (Fsp3) is 0.185. The van der Waals surface area contributed by atoms with Gasteiger partial charge in [-0.3, -0.25) is 24.6 Å². The number of ether oxygens (including phenoxy) is 2. The maximum Gasteiger partial charge on any atom is 0.293 e. The van der Waals surface area contributed by atoms with Gasteiger partial charge < -0.3 is 9.47 Å². The van der Waals surface area contributed by atoms with E-state index in [1.165, 1.54) is 29.7 Å². The molecule has 3 aromatic carbocycles. The second-order valence-electron chi connectivity index (χ2n) is 8.17. The molecule has 0 radical (unpaired) electrons. The monoisotopic (exact) mass is 630 g/mol. The van der Waals surface area contributed by atoms with Gasteiger partial charge in [-0.25, -0.2) is 0 Å². The molecule has 0 atom stereocenters. The fourth-order valence-corrected chi connectivity index (χ4v) is 5.41. The minimum absolute atomic E-state index is 0.0147. The molecule has 1 aliphatic rings. The SMILES string of the molecule is COc1cc(/C=C2/SC(=O)N(CCCc3ccccc3)C2=O)cc(I)c1OCc1ccc([N+](=O)[O-])cc1. The molecule has 0 aliphatic carbocycles. The summed E-state index contributed by atoms with van der Waals surface area (Å²) in [7, 11) is 1.52. The highest BCUT2D eigenvalue weighted by molar-refractivity contribution is 14.1. The van der Waals surface area contributed by atoms with E-state index in [4.69, 9.17) is 9.47 Å². The molecule has 1 saturated heterocycles. The summed E-state index contributed by atoms with van der Waals surface area (Å²) >= 11 is 3.06.